The Morgan fingerprint density at radius 3 is 1.77 bits per heavy atom. The summed E-state index contributed by atoms with van der Waals surface area (Å²) in [5, 5.41) is 11.0. The average Bonchev–Trinajstić information content (AvgIpc) is 3.43. The van der Waals surface area contributed by atoms with Crippen molar-refractivity contribution in [3.63, 3.8) is 0 Å². The number of rotatable bonds is 8. The predicted octanol–water partition coefficient (Wildman–Crippen LogP) is 7.20. The molecule has 0 aliphatic heterocycles. The van der Waals surface area contributed by atoms with Gasteiger partial charge in [0.25, 0.3) is 0 Å². The third-order valence-electron chi connectivity index (χ3n) is 7.31. The number of hydrogen-bond donors (Lipinski definition) is 2. The molecule has 0 unspecified atom stereocenters. The van der Waals surface area contributed by atoms with Crippen molar-refractivity contribution in [2.75, 3.05) is 17.7 Å². The summed E-state index contributed by atoms with van der Waals surface area (Å²) in [5.41, 5.74) is 3.26. The molecule has 6 aromatic rings. The summed E-state index contributed by atoms with van der Waals surface area (Å²) in [5.74, 6) is 0.508. The minimum Gasteiger partial charge on any atom is -0.453 e. The van der Waals surface area contributed by atoms with Crippen molar-refractivity contribution in [3.8, 4) is 0 Å². The van der Waals surface area contributed by atoms with Gasteiger partial charge in [0.2, 0.25) is 0 Å². The van der Waals surface area contributed by atoms with Crippen molar-refractivity contribution < 1.29 is 19.1 Å². The Morgan fingerprint density at radius 1 is 0.727 bits per heavy atom. The van der Waals surface area contributed by atoms with Crippen molar-refractivity contribution >= 4 is 34.7 Å². The van der Waals surface area contributed by atoms with Gasteiger partial charge in [-0.25, -0.2) is 19.3 Å². The molecule has 9 nitrogen and oxygen atoms in total. The first-order valence-corrected chi connectivity index (χ1v) is 14.0. The second-order valence-electron chi connectivity index (χ2n) is 9.96. The van der Waals surface area contributed by atoms with Crippen molar-refractivity contribution in [3.05, 3.63) is 156 Å². The van der Waals surface area contributed by atoms with E-state index in [4.69, 9.17) is 14.6 Å². The number of carbonyl (C=O) groups excluding carboxylic acids is 2. The highest BCUT2D eigenvalue weighted by molar-refractivity contribution is 5.99. The lowest BCUT2D eigenvalue weighted by atomic mass is 9.77. The van der Waals surface area contributed by atoms with Gasteiger partial charge >= 0.3 is 12.2 Å². The van der Waals surface area contributed by atoms with Crippen LogP contribution in [0.2, 0.25) is 0 Å². The third kappa shape index (κ3) is 5.46. The van der Waals surface area contributed by atoms with E-state index in [9.17, 15) is 9.59 Å². The van der Waals surface area contributed by atoms with Gasteiger partial charge in [0.05, 0.1) is 18.0 Å². The molecule has 0 atom stereocenters. The van der Waals surface area contributed by atoms with Gasteiger partial charge in [-0.1, -0.05) is 121 Å². The minimum atomic E-state index is -0.996. The Labute approximate surface area is 254 Å². The van der Waals surface area contributed by atoms with E-state index in [1.165, 1.54) is 7.11 Å². The smallest absolute Gasteiger partial charge is 0.413 e. The highest BCUT2D eigenvalue weighted by atomic mass is 16.5. The zero-order valence-corrected chi connectivity index (χ0v) is 23.9. The van der Waals surface area contributed by atoms with E-state index < -0.39 is 17.7 Å². The first-order valence-electron chi connectivity index (χ1n) is 14.0. The lowest BCUT2D eigenvalue weighted by Crippen LogP contribution is -2.38. The summed E-state index contributed by atoms with van der Waals surface area (Å²) in [4.78, 5) is 29.7. The molecule has 0 saturated carbocycles. The highest BCUT2D eigenvalue weighted by Gasteiger charge is 2.41. The monoisotopic (exact) mass is 583 g/mol. The maximum Gasteiger partial charge on any atom is 0.413 e. The summed E-state index contributed by atoms with van der Waals surface area (Å²) in [6.45, 7) is 0.110. The lowest BCUT2D eigenvalue weighted by molar-refractivity contribution is 0.155. The minimum absolute atomic E-state index is 0.110. The maximum atomic E-state index is 12.8. The Kier molecular flexibility index (Phi) is 8.00. The zero-order chi connectivity index (χ0) is 30.4. The highest BCUT2D eigenvalue weighted by Crippen LogP contribution is 2.43. The fourth-order valence-corrected chi connectivity index (χ4v) is 5.34. The van der Waals surface area contributed by atoms with Crippen molar-refractivity contribution in [1.29, 1.82) is 0 Å². The van der Waals surface area contributed by atoms with E-state index in [0.29, 0.717) is 10.9 Å². The van der Waals surface area contributed by atoms with Gasteiger partial charge < -0.3 is 9.47 Å². The molecule has 44 heavy (non-hydrogen) atoms. The molecule has 2 heterocycles. The van der Waals surface area contributed by atoms with Crippen molar-refractivity contribution in [2.24, 2.45) is 0 Å². The molecule has 2 aromatic heterocycles. The molecule has 2 N–H and O–H groups in total. The standard InChI is InChI=1S/C35H29N5O4/c1-43-33(41)38-32-29-23-36-31(37-34(42)44-24-25-14-6-2-7-15-25)22-30(29)40(39-32)35(26-16-8-3-9-17-26,27-18-10-4-11-19-27)28-20-12-5-13-21-28/h2-23H,24H2,1H3,(H,36,37,42)(H,38,39,41). The first-order chi connectivity index (χ1) is 21.6. The Morgan fingerprint density at radius 2 is 1.25 bits per heavy atom. The lowest BCUT2D eigenvalue weighted by Gasteiger charge is -2.37. The number of amides is 2. The van der Waals surface area contributed by atoms with Crippen LogP contribution in [-0.4, -0.2) is 34.1 Å². The largest absolute Gasteiger partial charge is 0.453 e. The molecule has 6 rings (SSSR count). The van der Waals surface area contributed by atoms with Crippen molar-refractivity contribution in [1.82, 2.24) is 14.8 Å². The molecule has 0 radical (unpaired) electrons. The summed E-state index contributed by atoms with van der Waals surface area (Å²) < 4.78 is 12.2. The summed E-state index contributed by atoms with van der Waals surface area (Å²) in [6, 6.07) is 41.2. The molecule has 0 aliphatic carbocycles. The Hall–Kier alpha value is -5.96. The van der Waals surface area contributed by atoms with Crippen LogP contribution in [0.25, 0.3) is 10.9 Å². The molecule has 0 aliphatic rings. The number of benzene rings is 4. The van der Waals surface area contributed by atoms with E-state index >= 15 is 0 Å². The van der Waals surface area contributed by atoms with E-state index in [1.807, 2.05) is 126 Å². The van der Waals surface area contributed by atoms with E-state index in [0.717, 1.165) is 22.3 Å². The fourth-order valence-electron chi connectivity index (χ4n) is 5.34. The molecule has 0 fully saturated rings. The van der Waals surface area contributed by atoms with Gasteiger partial charge in [0.1, 0.15) is 18.0 Å². The molecule has 0 saturated heterocycles. The van der Waals surface area contributed by atoms with E-state index in [-0.39, 0.29) is 18.2 Å². The number of nitrogens with one attached hydrogen (secondary N) is 2. The van der Waals surface area contributed by atoms with Crippen molar-refractivity contribution in [2.45, 2.75) is 12.1 Å². The number of pyridine rings is 1. The Bertz CT molecular complexity index is 1780. The van der Waals surface area contributed by atoms with Crippen LogP contribution < -0.4 is 10.6 Å². The van der Waals surface area contributed by atoms with Gasteiger partial charge in [0, 0.05) is 12.3 Å². The molecule has 0 spiro atoms. The average molecular weight is 584 g/mol. The topological polar surface area (TPSA) is 107 Å². The molecular weight excluding hydrogens is 554 g/mol. The van der Waals surface area contributed by atoms with Crippen LogP contribution in [0.4, 0.5) is 21.2 Å². The number of aromatic nitrogens is 3. The van der Waals surface area contributed by atoms with Crippen LogP contribution in [0.3, 0.4) is 0 Å². The summed E-state index contributed by atoms with van der Waals surface area (Å²) in [6.07, 6.45) is 0.232. The Balaban J connectivity index is 1.55. The number of nitrogens with zero attached hydrogens (tertiary/aromatic N) is 3. The molecule has 9 heteroatoms. The van der Waals surface area contributed by atoms with Crippen LogP contribution in [-0.2, 0) is 21.6 Å². The van der Waals surface area contributed by atoms with Crippen LogP contribution in [0.15, 0.2) is 134 Å². The quantitative estimate of drug-likeness (QED) is 0.184. The van der Waals surface area contributed by atoms with Crippen LogP contribution >= 0.6 is 0 Å². The summed E-state index contributed by atoms with van der Waals surface area (Å²) >= 11 is 0. The number of fused-ring (bicyclic) bond motifs is 1. The maximum absolute atomic E-state index is 12.8. The van der Waals surface area contributed by atoms with E-state index in [2.05, 4.69) is 15.6 Å². The number of anilines is 2. The number of carbonyl (C=O) groups is 2. The molecule has 2 amide bonds. The SMILES string of the molecule is COC(=O)Nc1nn(C(c2ccccc2)(c2ccccc2)c2ccccc2)c2cc(NC(=O)OCc3ccccc3)ncc12. The fraction of sp³-hybridized carbons (Fsp3) is 0.0857. The first kappa shape index (κ1) is 28.2. The normalized spacial score (nSPS) is 11.1. The number of ether oxygens (including phenoxy) is 2. The number of methoxy groups -OCH3 is 1. The van der Waals surface area contributed by atoms with Gasteiger partial charge in [0.15, 0.2) is 5.82 Å². The van der Waals surface area contributed by atoms with E-state index in [1.54, 1.807) is 12.3 Å². The summed E-state index contributed by atoms with van der Waals surface area (Å²) in [7, 11) is 1.29. The van der Waals surface area contributed by atoms with Crippen LogP contribution in [0.5, 0.6) is 0 Å². The van der Waals surface area contributed by atoms with Gasteiger partial charge in [-0.05, 0) is 22.3 Å². The molecular formula is C35H29N5O4. The molecule has 0 bridgehead atoms. The second-order valence-corrected chi connectivity index (χ2v) is 9.96. The number of hydrogen-bond acceptors (Lipinski definition) is 6. The van der Waals surface area contributed by atoms with Crippen LogP contribution in [0.1, 0.15) is 22.3 Å². The third-order valence-corrected chi connectivity index (χ3v) is 7.31. The zero-order valence-electron chi connectivity index (χ0n) is 23.9. The molecule has 4 aromatic carbocycles. The molecule has 218 valence electrons. The second kappa shape index (κ2) is 12.5. The van der Waals surface area contributed by atoms with Gasteiger partial charge in [-0.2, -0.15) is 5.10 Å². The van der Waals surface area contributed by atoms with Gasteiger partial charge in [-0.15, -0.1) is 0 Å². The van der Waals surface area contributed by atoms with Gasteiger partial charge in [-0.3, -0.25) is 10.6 Å². The predicted molar refractivity (Wildman–Crippen MR) is 168 cm³/mol. The van der Waals surface area contributed by atoms with Crippen LogP contribution in [0, 0.1) is 0 Å².